The highest BCUT2D eigenvalue weighted by Gasteiger charge is 2.14. The van der Waals surface area contributed by atoms with Crippen LogP contribution >= 0.6 is 33.9 Å². The van der Waals surface area contributed by atoms with Gasteiger partial charge in [0, 0.05) is 0 Å². The Balaban J connectivity index is 2.37. The predicted molar refractivity (Wildman–Crippen MR) is 77.0 cm³/mol. The minimum absolute atomic E-state index is 0.500. The molecule has 0 aliphatic heterocycles. The topological polar surface area (TPSA) is 20.2 Å². The van der Waals surface area contributed by atoms with Crippen LogP contribution in [0.25, 0.3) is 0 Å². The Bertz CT molecular complexity index is 504. The highest BCUT2D eigenvalue weighted by Crippen LogP contribution is 2.29. The highest BCUT2D eigenvalue weighted by atomic mass is 127. The molecule has 0 spiro atoms. The maximum Gasteiger partial charge on any atom is 0.105 e. The summed E-state index contributed by atoms with van der Waals surface area (Å²) in [4.78, 5) is 0. The number of hydrogen-bond acceptors (Lipinski definition) is 2. The zero-order valence-electron chi connectivity index (χ0n) is 9.20. The second-order valence-corrected chi connectivity index (χ2v) is 6.75. The molecule has 0 radical (unpaired) electrons. The maximum absolute atomic E-state index is 10.3. The summed E-state index contributed by atoms with van der Waals surface area (Å²) in [5.74, 6) is 0. The fourth-order valence-corrected chi connectivity index (χ4v) is 3.17. The number of rotatable bonds is 2. The summed E-state index contributed by atoms with van der Waals surface area (Å²) in [7, 11) is 0. The van der Waals surface area contributed by atoms with E-state index in [0.29, 0.717) is 0 Å². The molecule has 16 heavy (non-hydrogen) atoms. The average molecular weight is 344 g/mol. The van der Waals surface area contributed by atoms with Crippen molar-refractivity contribution in [1.82, 2.24) is 0 Å². The summed E-state index contributed by atoms with van der Waals surface area (Å²) in [5.41, 5.74) is 4.36. The quantitative estimate of drug-likeness (QED) is 0.815. The lowest BCUT2D eigenvalue weighted by Gasteiger charge is -2.13. The van der Waals surface area contributed by atoms with E-state index in [1.54, 1.807) is 11.3 Å². The Morgan fingerprint density at radius 1 is 1.25 bits per heavy atom. The Labute approximate surface area is 113 Å². The number of thiophene rings is 1. The van der Waals surface area contributed by atoms with Crippen LogP contribution in [0.15, 0.2) is 29.6 Å². The SMILES string of the molecule is Cc1ccc(C(O)c2csc(I)c2)c(C)c1. The molecule has 1 N–H and O–H groups in total. The number of aryl methyl sites for hydroxylation is 2. The van der Waals surface area contributed by atoms with Crippen molar-refractivity contribution in [1.29, 1.82) is 0 Å². The van der Waals surface area contributed by atoms with Crippen LogP contribution in [0.5, 0.6) is 0 Å². The summed E-state index contributed by atoms with van der Waals surface area (Å²) in [6.45, 7) is 4.11. The van der Waals surface area contributed by atoms with Crippen molar-refractivity contribution < 1.29 is 5.11 Å². The number of hydrogen-bond donors (Lipinski definition) is 1. The van der Waals surface area contributed by atoms with Gasteiger partial charge in [-0.15, -0.1) is 11.3 Å². The molecule has 2 rings (SSSR count). The van der Waals surface area contributed by atoms with Gasteiger partial charge in [0.1, 0.15) is 6.10 Å². The van der Waals surface area contributed by atoms with Crippen LogP contribution < -0.4 is 0 Å². The van der Waals surface area contributed by atoms with Crippen LogP contribution in [0, 0.1) is 16.7 Å². The zero-order chi connectivity index (χ0) is 11.7. The van der Waals surface area contributed by atoms with E-state index >= 15 is 0 Å². The average Bonchev–Trinajstić information content (AvgIpc) is 2.64. The third-order valence-corrected chi connectivity index (χ3v) is 4.43. The third-order valence-electron chi connectivity index (χ3n) is 2.62. The molecule has 0 saturated heterocycles. The van der Waals surface area contributed by atoms with Crippen molar-refractivity contribution >= 4 is 33.9 Å². The van der Waals surface area contributed by atoms with E-state index in [0.717, 1.165) is 16.7 Å². The molecule has 1 atom stereocenters. The minimum Gasteiger partial charge on any atom is -0.384 e. The fourth-order valence-electron chi connectivity index (χ4n) is 1.78. The molecule has 1 aromatic heterocycles. The molecule has 1 nitrogen and oxygen atoms in total. The lowest BCUT2D eigenvalue weighted by Crippen LogP contribution is -2.00. The fraction of sp³-hybridized carbons (Fsp3) is 0.231. The van der Waals surface area contributed by atoms with Crippen molar-refractivity contribution in [3.8, 4) is 0 Å². The molecule has 2 aromatic rings. The Morgan fingerprint density at radius 2 is 2.00 bits per heavy atom. The number of aliphatic hydroxyl groups excluding tert-OH is 1. The zero-order valence-corrected chi connectivity index (χ0v) is 12.2. The van der Waals surface area contributed by atoms with Gasteiger partial charge in [-0.2, -0.15) is 0 Å². The highest BCUT2D eigenvalue weighted by molar-refractivity contribution is 14.1. The number of halogens is 1. The molecule has 0 amide bonds. The van der Waals surface area contributed by atoms with E-state index in [2.05, 4.69) is 35.6 Å². The molecular formula is C13H13IOS. The van der Waals surface area contributed by atoms with E-state index in [1.165, 1.54) is 8.45 Å². The summed E-state index contributed by atoms with van der Waals surface area (Å²) in [5, 5.41) is 12.3. The second kappa shape index (κ2) is 4.85. The first-order chi connectivity index (χ1) is 7.58. The summed E-state index contributed by atoms with van der Waals surface area (Å²) >= 11 is 3.94. The van der Waals surface area contributed by atoms with E-state index in [9.17, 15) is 5.11 Å². The summed E-state index contributed by atoms with van der Waals surface area (Å²) in [6.07, 6.45) is -0.500. The van der Waals surface area contributed by atoms with Gasteiger partial charge in [-0.05, 0) is 64.6 Å². The monoisotopic (exact) mass is 344 g/mol. The lowest BCUT2D eigenvalue weighted by atomic mass is 9.98. The molecule has 1 heterocycles. The van der Waals surface area contributed by atoms with Gasteiger partial charge in [0.05, 0.1) is 2.88 Å². The first-order valence-electron chi connectivity index (χ1n) is 5.07. The second-order valence-electron chi connectivity index (χ2n) is 3.95. The first-order valence-corrected chi connectivity index (χ1v) is 7.03. The predicted octanol–water partition coefficient (Wildman–Crippen LogP) is 4.05. The molecule has 1 aromatic carbocycles. The molecule has 0 bridgehead atoms. The smallest absolute Gasteiger partial charge is 0.105 e. The van der Waals surface area contributed by atoms with Crippen LogP contribution in [-0.4, -0.2) is 5.11 Å². The van der Waals surface area contributed by atoms with E-state index in [1.807, 2.05) is 30.5 Å². The molecule has 0 aliphatic carbocycles. The van der Waals surface area contributed by atoms with Gasteiger partial charge in [0.25, 0.3) is 0 Å². The normalized spacial score (nSPS) is 12.8. The maximum atomic E-state index is 10.3. The Hall–Kier alpha value is -0.390. The summed E-state index contributed by atoms with van der Waals surface area (Å²) < 4.78 is 1.21. The molecule has 0 saturated carbocycles. The van der Waals surface area contributed by atoms with Gasteiger partial charge in [-0.3, -0.25) is 0 Å². The molecule has 84 valence electrons. The van der Waals surface area contributed by atoms with Gasteiger partial charge < -0.3 is 5.11 Å². The van der Waals surface area contributed by atoms with Crippen molar-refractivity contribution in [3.63, 3.8) is 0 Å². The van der Waals surface area contributed by atoms with Gasteiger partial charge in [0.15, 0.2) is 0 Å². The van der Waals surface area contributed by atoms with Crippen molar-refractivity contribution in [2.45, 2.75) is 20.0 Å². The molecular weight excluding hydrogens is 331 g/mol. The molecule has 3 heteroatoms. The first kappa shape index (κ1) is 12.1. The van der Waals surface area contributed by atoms with Crippen LogP contribution in [0.2, 0.25) is 0 Å². The van der Waals surface area contributed by atoms with Crippen molar-refractivity contribution in [3.05, 3.63) is 54.8 Å². The van der Waals surface area contributed by atoms with E-state index in [-0.39, 0.29) is 0 Å². The van der Waals surface area contributed by atoms with Crippen LogP contribution in [0.4, 0.5) is 0 Å². The number of benzene rings is 1. The van der Waals surface area contributed by atoms with E-state index in [4.69, 9.17) is 0 Å². The van der Waals surface area contributed by atoms with Crippen LogP contribution in [0.1, 0.15) is 28.4 Å². The Kier molecular flexibility index (Phi) is 3.66. The standard InChI is InChI=1S/C13H13IOS/c1-8-3-4-11(9(2)5-8)13(15)10-6-12(14)16-7-10/h3-7,13,15H,1-2H3. The van der Waals surface area contributed by atoms with E-state index < -0.39 is 6.10 Å². The van der Waals surface area contributed by atoms with Gasteiger partial charge in [-0.25, -0.2) is 0 Å². The third kappa shape index (κ3) is 2.47. The van der Waals surface area contributed by atoms with Crippen LogP contribution in [-0.2, 0) is 0 Å². The Morgan fingerprint density at radius 3 is 2.56 bits per heavy atom. The molecule has 0 aliphatic rings. The van der Waals surface area contributed by atoms with Crippen molar-refractivity contribution in [2.75, 3.05) is 0 Å². The minimum atomic E-state index is -0.500. The number of aliphatic hydroxyl groups is 1. The van der Waals surface area contributed by atoms with Gasteiger partial charge in [-0.1, -0.05) is 23.8 Å². The van der Waals surface area contributed by atoms with Gasteiger partial charge >= 0.3 is 0 Å². The molecule has 0 fully saturated rings. The lowest BCUT2D eigenvalue weighted by molar-refractivity contribution is 0.220. The van der Waals surface area contributed by atoms with Crippen LogP contribution in [0.3, 0.4) is 0 Å². The molecule has 1 unspecified atom stereocenters. The summed E-state index contributed by atoms with van der Waals surface area (Å²) in [6, 6.07) is 8.20. The largest absolute Gasteiger partial charge is 0.384 e. The van der Waals surface area contributed by atoms with Crippen molar-refractivity contribution in [2.24, 2.45) is 0 Å². The van der Waals surface area contributed by atoms with Gasteiger partial charge in [0.2, 0.25) is 0 Å².